The molecule has 4 heterocycles. The number of hydrogen-bond acceptors (Lipinski definition) is 5. The molecule has 12 rings (SSSR count). The SMILES string of the molecule is [2H]c1cc2c(c([2H])c1[2H])c1c([2H])c([2H])c([2H])c([2H])c1n2-c1c([2H])c([2H])c([2H])c2c1oc1c([2H])c(-c3nc(-c4ccccc4)nc(-c4ccc5c(c4)oc4c(-c6ccccc6)cccc45)n3)c([2H])c([2H])c12. The van der Waals surface area contributed by atoms with E-state index >= 15 is 0 Å². The highest BCUT2D eigenvalue weighted by Gasteiger charge is 2.20. The first-order valence-electron chi connectivity index (χ1n) is 24.5. The standard InChI is InChI=1S/C51H30N4O2/c1-3-13-31(14-4-1)35-19-11-20-40-38-27-25-33(29-45(38)56-47(35)40)50-52-49(32-15-5-2-6-16-32)53-51(54-50)34-26-28-39-41-21-12-24-44(48(41)57-46(39)30-34)55-42-22-9-7-17-36(42)37-18-8-10-23-43(37)55/h1-30H/i7D,8D,9D,10D,12D,17D,18D,21D,22D,24D,26D,28D,30D. The predicted molar refractivity (Wildman–Crippen MR) is 230 cm³/mol. The van der Waals surface area contributed by atoms with E-state index in [4.69, 9.17) is 36.1 Å². The Morgan fingerprint density at radius 3 is 1.96 bits per heavy atom. The summed E-state index contributed by atoms with van der Waals surface area (Å²) in [5, 5.41) is 1.01. The summed E-state index contributed by atoms with van der Waals surface area (Å²) < 4.78 is 131. The average Bonchev–Trinajstić information content (AvgIpc) is 4.07. The Balaban J connectivity index is 1.12. The van der Waals surface area contributed by atoms with Crippen LogP contribution in [0, 0.1) is 0 Å². The Hall–Kier alpha value is -7.83. The minimum Gasteiger partial charge on any atom is -0.455 e. The first-order chi connectivity index (χ1) is 33.7. The summed E-state index contributed by atoms with van der Waals surface area (Å²) in [6, 6.07) is 24.3. The van der Waals surface area contributed by atoms with Crippen LogP contribution in [-0.2, 0) is 0 Å². The van der Waals surface area contributed by atoms with Gasteiger partial charge in [-0.2, -0.15) is 0 Å². The Labute approximate surface area is 344 Å². The van der Waals surface area contributed by atoms with Crippen molar-refractivity contribution in [3.8, 4) is 51.0 Å². The van der Waals surface area contributed by atoms with Gasteiger partial charge in [0, 0.05) is 54.6 Å². The fourth-order valence-electron chi connectivity index (χ4n) is 7.50. The van der Waals surface area contributed by atoms with Crippen LogP contribution < -0.4 is 0 Å². The minimum absolute atomic E-state index is 0.0805. The molecule has 0 saturated heterocycles. The number of furan rings is 2. The average molecular weight is 744 g/mol. The van der Waals surface area contributed by atoms with Crippen LogP contribution in [0.2, 0.25) is 0 Å². The molecule has 0 atom stereocenters. The van der Waals surface area contributed by atoms with Gasteiger partial charge in [0.25, 0.3) is 0 Å². The quantitative estimate of drug-likeness (QED) is 0.176. The first-order valence-corrected chi connectivity index (χ1v) is 18.0. The lowest BCUT2D eigenvalue weighted by Crippen LogP contribution is -2.00. The zero-order chi connectivity index (χ0) is 48.8. The van der Waals surface area contributed by atoms with Gasteiger partial charge in [0.15, 0.2) is 23.1 Å². The van der Waals surface area contributed by atoms with Crippen molar-refractivity contribution in [3.63, 3.8) is 0 Å². The Kier molecular flexibility index (Phi) is 4.62. The summed E-state index contributed by atoms with van der Waals surface area (Å²) in [6.07, 6.45) is 0. The highest BCUT2D eigenvalue weighted by Crippen LogP contribution is 2.40. The van der Waals surface area contributed by atoms with Gasteiger partial charge in [0.2, 0.25) is 0 Å². The van der Waals surface area contributed by atoms with Gasteiger partial charge in [-0.1, -0.05) is 139 Å². The van der Waals surface area contributed by atoms with Crippen molar-refractivity contribution >= 4 is 65.7 Å². The lowest BCUT2D eigenvalue weighted by molar-refractivity contribution is 0.666. The van der Waals surface area contributed by atoms with Gasteiger partial charge in [0.1, 0.15) is 16.7 Å². The Morgan fingerprint density at radius 2 is 1.12 bits per heavy atom. The topological polar surface area (TPSA) is 69.9 Å². The molecule has 6 heteroatoms. The molecule has 0 aliphatic rings. The summed E-state index contributed by atoms with van der Waals surface area (Å²) in [6.45, 7) is 0. The number of para-hydroxylation sites is 4. The van der Waals surface area contributed by atoms with E-state index in [9.17, 15) is 5.48 Å². The van der Waals surface area contributed by atoms with E-state index in [0.717, 1.165) is 26.5 Å². The second-order valence-electron chi connectivity index (χ2n) is 13.4. The third-order valence-corrected chi connectivity index (χ3v) is 10.1. The normalized spacial score (nSPS) is 15.1. The van der Waals surface area contributed by atoms with Gasteiger partial charge in [0.05, 0.1) is 34.5 Å². The van der Waals surface area contributed by atoms with Crippen molar-refractivity contribution in [2.45, 2.75) is 0 Å². The summed E-state index contributed by atoms with van der Waals surface area (Å²) in [4.78, 5) is 14.4. The molecule has 6 nitrogen and oxygen atoms in total. The maximum Gasteiger partial charge on any atom is 0.164 e. The number of fused-ring (bicyclic) bond motifs is 9. The molecule has 0 aliphatic heterocycles. The predicted octanol–water partition coefficient (Wildman–Crippen LogP) is 13.4. The fraction of sp³-hybridized carbons (Fsp3) is 0. The second-order valence-corrected chi connectivity index (χ2v) is 13.4. The Morgan fingerprint density at radius 1 is 0.421 bits per heavy atom. The molecule has 8 aromatic carbocycles. The van der Waals surface area contributed by atoms with E-state index in [-0.39, 0.29) is 72.5 Å². The third kappa shape index (κ3) is 4.94. The molecular weight excluding hydrogens is 701 g/mol. The van der Waals surface area contributed by atoms with Gasteiger partial charge >= 0.3 is 0 Å². The third-order valence-electron chi connectivity index (χ3n) is 10.1. The van der Waals surface area contributed by atoms with Crippen LogP contribution in [0.4, 0.5) is 0 Å². The number of aromatic nitrogens is 4. The van der Waals surface area contributed by atoms with E-state index in [1.54, 1.807) is 30.3 Å². The molecule has 4 aromatic heterocycles. The molecule has 0 unspecified atom stereocenters. The van der Waals surface area contributed by atoms with Crippen LogP contribution in [0.5, 0.6) is 0 Å². The molecule has 266 valence electrons. The van der Waals surface area contributed by atoms with Crippen molar-refractivity contribution in [1.82, 2.24) is 19.5 Å². The molecule has 0 fully saturated rings. The van der Waals surface area contributed by atoms with Crippen LogP contribution in [0.3, 0.4) is 0 Å². The molecule has 0 saturated carbocycles. The highest BCUT2D eigenvalue weighted by atomic mass is 16.3. The van der Waals surface area contributed by atoms with Gasteiger partial charge < -0.3 is 13.4 Å². The molecule has 0 aliphatic carbocycles. The first kappa shape index (κ1) is 21.3. The molecule has 57 heavy (non-hydrogen) atoms. The van der Waals surface area contributed by atoms with Gasteiger partial charge in [-0.05, 0) is 47.9 Å². The van der Waals surface area contributed by atoms with E-state index in [1.165, 1.54) is 6.07 Å². The number of rotatable bonds is 5. The van der Waals surface area contributed by atoms with E-state index in [0.29, 0.717) is 22.3 Å². The smallest absolute Gasteiger partial charge is 0.164 e. The molecule has 0 amide bonds. The van der Waals surface area contributed by atoms with E-state index in [2.05, 4.69) is 0 Å². The van der Waals surface area contributed by atoms with Crippen LogP contribution >= 0.6 is 0 Å². The number of benzene rings is 8. The maximum absolute atomic E-state index is 9.69. The summed E-state index contributed by atoms with van der Waals surface area (Å²) in [5.41, 5.74) is 2.69. The Bertz CT molecular complexity index is 4290. The summed E-state index contributed by atoms with van der Waals surface area (Å²) in [7, 11) is 0. The second kappa shape index (κ2) is 12.3. The fourth-order valence-corrected chi connectivity index (χ4v) is 7.50. The number of hydrogen-bond donors (Lipinski definition) is 0. The zero-order valence-corrected chi connectivity index (χ0v) is 29.4. The number of nitrogens with zero attached hydrogens (tertiary/aromatic N) is 4. The van der Waals surface area contributed by atoms with Crippen LogP contribution in [-0.4, -0.2) is 19.5 Å². The molecule has 0 spiro atoms. The van der Waals surface area contributed by atoms with E-state index < -0.39 is 78.6 Å². The summed E-state index contributed by atoms with van der Waals surface area (Å²) in [5.74, 6) is 0.191. The van der Waals surface area contributed by atoms with Crippen molar-refractivity contribution in [2.75, 3.05) is 0 Å². The van der Waals surface area contributed by atoms with E-state index in [1.807, 2.05) is 66.7 Å². The van der Waals surface area contributed by atoms with Crippen LogP contribution in [0.15, 0.2) is 191 Å². The molecule has 0 bridgehead atoms. The molecule has 0 N–H and O–H groups in total. The van der Waals surface area contributed by atoms with Gasteiger partial charge in [-0.15, -0.1) is 0 Å². The van der Waals surface area contributed by atoms with Gasteiger partial charge in [-0.25, -0.2) is 15.0 Å². The molecular formula is C51H30N4O2. The molecule has 0 radical (unpaired) electrons. The van der Waals surface area contributed by atoms with Crippen molar-refractivity contribution in [1.29, 1.82) is 0 Å². The summed E-state index contributed by atoms with van der Waals surface area (Å²) >= 11 is 0. The zero-order valence-electron chi connectivity index (χ0n) is 42.4. The minimum atomic E-state index is -0.677. The highest BCUT2D eigenvalue weighted by molar-refractivity contribution is 6.13. The van der Waals surface area contributed by atoms with Crippen molar-refractivity contribution in [2.24, 2.45) is 0 Å². The lowest BCUT2D eigenvalue weighted by atomic mass is 10.0. The molecule has 12 aromatic rings. The van der Waals surface area contributed by atoms with Crippen LogP contribution in [0.25, 0.3) is 117 Å². The van der Waals surface area contributed by atoms with Crippen LogP contribution in [0.1, 0.15) is 17.8 Å². The lowest BCUT2D eigenvalue weighted by Gasteiger charge is -2.08. The van der Waals surface area contributed by atoms with Gasteiger partial charge in [-0.3, -0.25) is 0 Å². The monoisotopic (exact) mass is 743 g/mol. The largest absolute Gasteiger partial charge is 0.455 e. The van der Waals surface area contributed by atoms with Crippen molar-refractivity contribution in [3.05, 3.63) is 182 Å². The maximum atomic E-state index is 9.69. The van der Waals surface area contributed by atoms with Crippen molar-refractivity contribution < 1.29 is 26.7 Å².